The largest absolute Gasteiger partial charge is 0.480 e. The summed E-state index contributed by atoms with van der Waals surface area (Å²) in [5.74, 6) is -0.735. The van der Waals surface area contributed by atoms with Crippen LogP contribution >= 0.6 is 0 Å². The van der Waals surface area contributed by atoms with Crippen LogP contribution in [0.2, 0.25) is 0 Å². The summed E-state index contributed by atoms with van der Waals surface area (Å²) in [7, 11) is 0. The Morgan fingerprint density at radius 1 is 1.27 bits per heavy atom. The third-order valence-corrected chi connectivity index (χ3v) is 2.04. The molecule has 0 spiro atoms. The summed E-state index contributed by atoms with van der Waals surface area (Å²) in [6.07, 6.45) is 0. The van der Waals surface area contributed by atoms with Gasteiger partial charge in [0, 0.05) is 11.6 Å². The smallest absolute Gasteiger partial charge is 0.295 e. The van der Waals surface area contributed by atoms with E-state index in [-0.39, 0.29) is 5.56 Å². The molecule has 0 saturated heterocycles. The molecule has 0 unspecified atom stereocenters. The van der Waals surface area contributed by atoms with Crippen LogP contribution in [0.3, 0.4) is 0 Å². The minimum Gasteiger partial charge on any atom is -0.480 e. The second-order valence-corrected chi connectivity index (χ2v) is 3.06. The number of rotatable bonds is 2. The molecule has 0 saturated carbocycles. The normalized spacial score (nSPS) is 10.1. The molecular formula is C11H9NO3. The molecule has 2 rings (SSSR count). The summed E-state index contributed by atoms with van der Waals surface area (Å²) in [5.41, 5.74) is 5.82. The van der Waals surface area contributed by atoms with Gasteiger partial charge in [-0.25, -0.2) is 0 Å². The average Bonchev–Trinajstić information content (AvgIpc) is 2.62. The van der Waals surface area contributed by atoms with Crippen LogP contribution in [0.5, 0.6) is 5.95 Å². The fraction of sp³-hybridized carbons (Fsp3) is 0. The highest BCUT2D eigenvalue weighted by Gasteiger charge is 2.15. The summed E-state index contributed by atoms with van der Waals surface area (Å²) < 4.78 is 5.02. The van der Waals surface area contributed by atoms with Gasteiger partial charge in [0.2, 0.25) is 0 Å². The maximum atomic E-state index is 10.9. The Labute approximate surface area is 85.9 Å². The number of hydrogen-bond acceptors (Lipinski definition) is 3. The minimum absolute atomic E-state index is 0.00569. The van der Waals surface area contributed by atoms with Crippen molar-refractivity contribution < 1.29 is 14.3 Å². The molecule has 0 fully saturated rings. The molecule has 1 amide bonds. The number of aromatic hydroxyl groups is 1. The van der Waals surface area contributed by atoms with Gasteiger partial charge >= 0.3 is 0 Å². The summed E-state index contributed by atoms with van der Waals surface area (Å²) >= 11 is 0. The summed E-state index contributed by atoms with van der Waals surface area (Å²) in [5, 5.41) is 9.30. The average molecular weight is 203 g/mol. The summed E-state index contributed by atoms with van der Waals surface area (Å²) in [4.78, 5) is 10.9. The van der Waals surface area contributed by atoms with E-state index in [1.807, 2.05) is 30.3 Å². The molecule has 1 heterocycles. The van der Waals surface area contributed by atoms with Crippen LogP contribution in [0, 0.1) is 0 Å². The van der Waals surface area contributed by atoms with Gasteiger partial charge in [0.05, 0.1) is 0 Å². The predicted molar refractivity (Wildman–Crippen MR) is 54.3 cm³/mol. The van der Waals surface area contributed by atoms with Crippen LogP contribution < -0.4 is 5.73 Å². The van der Waals surface area contributed by atoms with E-state index in [9.17, 15) is 9.90 Å². The number of nitrogens with two attached hydrogens (primary N) is 1. The zero-order chi connectivity index (χ0) is 10.8. The molecule has 0 aliphatic rings. The predicted octanol–water partition coefficient (Wildman–Crippen LogP) is 1.75. The third-order valence-electron chi connectivity index (χ3n) is 2.04. The van der Waals surface area contributed by atoms with Gasteiger partial charge in [0.15, 0.2) is 0 Å². The highest BCUT2D eigenvalue weighted by Crippen LogP contribution is 2.29. The molecule has 0 bridgehead atoms. The lowest BCUT2D eigenvalue weighted by atomic mass is 10.1. The molecule has 1 aromatic heterocycles. The van der Waals surface area contributed by atoms with E-state index in [0.29, 0.717) is 5.76 Å². The first-order valence-corrected chi connectivity index (χ1v) is 4.36. The first kappa shape index (κ1) is 9.33. The third kappa shape index (κ3) is 1.69. The number of hydrogen-bond donors (Lipinski definition) is 2. The number of benzene rings is 1. The second-order valence-electron chi connectivity index (χ2n) is 3.06. The maximum absolute atomic E-state index is 10.9. The lowest BCUT2D eigenvalue weighted by Crippen LogP contribution is -2.09. The van der Waals surface area contributed by atoms with Gasteiger partial charge in [-0.2, -0.15) is 0 Å². The zero-order valence-corrected chi connectivity index (χ0v) is 7.81. The van der Waals surface area contributed by atoms with E-state index in [4.69, 9.17) is 10.2 Å². The van der Waals surface area contributed by atoms with E-state index in [1.54, 1.807) is 0 Å². The standard InChI is InChI=1S/C11H9NO3/c12-10(13)8-6-9(15-11(8)14)7-4-2-1-3-5-7/h1-6,14H,(H2,12,13). The first-order valence-electron chi connectivity index (χ1n) is 4.36. The molecule has 0 radical (unpaired) electrons. The molecule has 1 aromatic carbocycles. The SMILES string of the molecule is NC(=O)c1cc(-c2ccccc2)oc1O. The van der Waals surface area contributed by atoms with E-state index in [0.717, 1.165) is 5.56 Å². The van der Waals surface area contributed by atoms with Gasteiger partial charge in [-0.05, 0) is 0 Å². The quantitative estimate of drug-likeness (QED) is 0.780. The molecule has 76 valence electrons. The first-order chi connectivity index (χ1) is 7.18. The Bertz CT molecular complexity index is 488. The molecular weight excluding hydrogens is 194 g/mol. The zero-order valence-electron chi connectivity index (χ0n) is 7.81. The van der Waals surface area contributed by atoms with E-state index < -0.39 is 11.9 Å². The van der Waals surface area contributed by atoms with E-state index in [2.05, 4.69) is 0 Å². The Morgan fingerprint density at radius 3 is 2.47 bits per heavy atom. The molecule has 4 nitrogen and oxygen atoms in total. The Kier molecular flexibility index (Phi) is 2.17. The number of carbonyl (C=O) groups is 1. The van der Waals surface area contributed by atoms with Crippen molar-refractivity contribution in [3.05, 3.63) is 42.0 Å². The topological polar surface area (TPSA) is 76.5 Å². The molecule has 0 aliphatic heterocycles. The van der Waals surface area contributed by atoms with Gasteiger partial charge in [0.25, 0.3) is 11.9 Å². The van der Waals surface area contributed by atoms with Crippen LogP contribution in [0.1, 0.15) is 10.4 Å². The Morgan fingerprint density at radius 2 is 1.93 bits per heavy atom. The fourth-order valence-electron chi connectivity index (χ4n) is 1.30. The van der Waals surface area contributed by atoms with Crippen LogP contribution in [0.15, 0.2) is 40.8 Å². The van der Waals surface area contributed by atoms with Gasteiger partial charge < -0.3 is 15.3 Å². The molecule has 0 atom stereocenters. The number of carbonyl (C=O) groups excluding carboxylic acids is 1. The van der Waals surface area contributed by atoms with Crippen molar-refractivity contribution in [1.82, 2.24) is 0 Å². The van der Waals surface area contributed by atoms with Gasteiger partial charge in [-0.1, -0.05) is 30.3 Å². The summed E-state index contributed by atoms with van der Waals surface area (Å²) in [6, 6.07) is 10.6. The lowest BCUT2D eigenvalue weighted by Gasteiger charge is -1.93. The molecule has 0 aliphatic carbocycles. The fourth-order valence-corrected chi connectivity index (χ4v) is 1.30. The van der Waals surface area contributed by atoms with Gasteiger partial charge in [-0.3, -0.25) is 4.79 Å². The van der Waals surface area contributed by atoms with Crippen molar-refractivity contribution in [2.45, 2.75) is 0 Å². The highest BCUT2D eigenvalue weighted by atomic mass is 16.5. The van der Waals surface area contributed by atoms with E-state index in [1.165, 1.54) is 6.07 Å². The summed E-state index contributed by atoms with van der Waals surface area (Å²) in [6.45, 7) is 0. The highest BCUT2D eigenvalue weighted by molar-refractivity contribution is 5.96. The molecule has 3 N–H and O–H groups in total. The minimum atomic E-state index is -0.710. The monoisotopic (exact) mass is 203 g/mol. The van der Waals surface area contributed by atoms with Crippen LogP contribution in [0.25, 0.3) is 11.3 Å². The van der Waals surface area contributed by atoms with Crippen LogP contribution in [-0.4, -0.2) is 11.0 Å². The number of amides is 1. The Hall–Kier alpha value is -2.23. The number of primary amides is 1. The van der Waals surface area contributed by atoms with Gasteiger partial charge in [0.1, 0.15) is 11.3 Å². The van der Waals surface area contributed by atoms with Crippen molar-refractivity contribution in [2.75, 3.05) is 0 Å². The molecule has 2 aromatic rings. The van der Waals surface area contributed by atoms with Crippen molar-refractivity contribution in [3.63, 3.8) is 0 Å². The van der Waals surface area contributed by atoms with Crippen molar-refractivity contribution in [3.8, 4) is 17.3 Å². The number of furan rings is 1. The molecule has 4 heteroatoms. The van der Waals surface area contributed by atoms with Crippen LogP contribution in [-0.2, 0) is 0 Å². The lowest BCUT2D eigenvalue weighted by molar-refractivity contribution is 0.0995. The molecule has 15 heavy (non-hydrogen) atoms. The van der Waals surface area contributed by atoms with E-state index >= 15 is 0 Å². The Balaban J connectivity index is 2.48. The van der Waals surface area contributed by atoms with Gasteiger partial charge in [-0.15, -0.1) is 0 Å². The van der Waals surface area contributed by atoms with Crippen LogP contribution in [0.4, 0.5) is 0 Å². The van der Waals surface area contributed by atoms with Crippen molar-refractivity contribution in [2.24, 2.45) is 5.73 Å². The maximum Gasteiger partial charge on any atom is 0.295 e. The van der Waals surface area contributed by atoms with Crippen molar-refractivity contribution in [1.29, 1.82) is 0 Å². The van der Waals surface area contributed by atoms with Crippen molar-refractivity contribution >= 4 is 5.91 Å². The second kappa shape index (κ2) is 3.49.